The summed E-state index contributed by atoms with van der Waals surface area (Å²) in [7, 11) is 4.32. The van der Waals surface area contributed by atoms with Crippen LogP contribution in [0.25, 0.3) is 22.0 Å². The Morgan fingerprint density at radius 1 is 1.10 bits per heavy atom. The Morgan fingerprint density at radius 3 is 2.71 bits per heavy atom. The monoisotopic (exact) mass is 553 g/mol. The maximum absolute atomic E-state index is 12.2. The molecule has 2 aromatic heterocycles. The number of piperidine rings is 1. The van der Waals surface area contributed by atoms with Gasteiger partial charge in [-0.2, -0.15) is 5.10 Å². The van der Waals surface area contributed by atoms with E-state index >= 15 is 0 Å². The molecule has 6 heterocycles. The maximum Gasteiger partial charge on any atom is 0.245 e. The number of amides is 1. The number of anilines is 1. The summed E-state index contributed by atoms with van der Waals surface area (Å²) in [5, 5.41) is 5.83. The van der Waals surface area contributed by atoms with E-state index in [1.807, 2.05) is 15.8 Å². The summed E-state index contributed by atoms with van der Waals surface area (Å²) in [4.78, 5) is 27.3. The van der Waals surface area contributed by atoms with E-state index in [1.54, 1.807) is 0 Å². The number of nitrogens with zero attached hydrogens (tertiary/aromatic N) is 7. The van der Waals surface area contributed by atoms with Gasteiger partial charge in [-0.15, -0.1) is 0 Å². The van der Waals surface area contributed by atoms with Crippen molar-refractivity contribution >= 4 is 22.6 Å². The number of aryl methyl sites for hydroxylation is 2. The first-order valence-electron chi connectivity index (χ1n) is 15.3. The Balaban J connectivity index is 1.31. The third-order valence-corrected chi connectivity index (χ3v) is 10.4. The molecule has 4 aliphatic heterocycles. The van der Waals surface area contributed by atoms with Crippen LogP contribution in [0.2, 0.25) is 0 Å². The molecule has 41 heavy (non-hydrogen) atoms. The fraction of sp³-hybridized carbons (Fsp3) is 0.545. The average Bonchev–Trinajstić information content (AvgIpc) is 3.56. The van der Waals surface area contributed by atoms with Gasteiger partial charge < -0.3 is 14.7 Å². The van der Waals surface area contributed by atoms with Gasteiger partial charge in [0.05, 0.1) is 17.4 Å². The van der Waals surface area contributed by atoms with Crippen LogP contribution < -0.4 is 4.90 Å². The van der Waals surface area contributed by atoms with Crippen molar-refractivity contribution in [2.45, 2.75) is 52.1 Å². The molecule has 4 aliphatic rings. The molecule has 0 saturated carbocycles. The number of carbonyl (C=O) groups is 1. The fourth-order valence-corrected chi connectivity index (χ4v) is 8.19. The molecular weight excluding hydrogens is 510 g/mol. The molecule has 0 radical (unpaired) electrons. The van der Waals surface area contributed by atoms with Gasteiger partial charge in [-0.3, -0.25) is 14.4 Å². The molecule has 1 spiro atoms. The SMILES string of the molecule is C=CC(=O)N1CC2(CCN(c3nc4c(c(-c5c(C)ccc6cnn(C)c56)c3C)CCN([C@@H]3CCCN(C)C3)C4)C2)C1. The van der Waals surface area contributed by atoms with Crippen molar-refractivity contribution < 1.29 is 4.79 Å². The topological polar surface area (TPSA) is 60.7 Å². The lowest BCUT2D eigenvalue weighted by Gasteiger charge is -2.47. The van der Waals surface area contributed by atoms with Gasteiger partial charge in [0.25, 0.3) is 0 Å². The molecule has 216 valence electrons. The molecule has 3 aromatic rings. The van der Waals surface area contributed by atoms with Gasteiger partial charge in [-0.25, -0.2) is 4.98 Å². The zero-order valence-corrected chi connectivity index (χ0v) is 25.1. The van der Waals surface area contributed by atoms with Crippen LogP contribution in [0.4, 0.5) is 5.82 Å². The van der Waals surface area contributed by atoms with Gasteiger partial charge in [0.2, 0.25) is 5.91 Å². The molecule has 0 bridgehead atoms. The molecule has 0 aliphatic carbocycles. The van der Waals surface area contributed by atoms with Gasteiger partial charge in [0, 0.05) is 75.3 Å². The number of fused-ring (bicyclic) bond motifs is 2. The van der Waals surface area contributed by atoms with E-state index in [0.717, 1.165) is 64.5 Å². The molecule has 8 nitrogen and oxygen atoms in total. The minimum absolute atomic E-state index is 0.0487. The largest absolute Gasteiger partial charge is 0.356 e. The van der Waals surface area contributed by atoms with E-state index in [4.69, 9.17) is 4.98 Å². The van der Waals surface area contributed by atoms with Crippen LogP contribution in [0.5, 0.6) is 0 Å². The van der Waals surface area contributed by atoms with E-state index < -0.39 is 0 Å². The van der Waals surface area contributed by atoms with E-state index in [1.165, 1.54) is 69.9 Å². The lowest BCUT2D eigenvalue weighted by Crippen LogP contribution is -2.59. The number of aromatic nitrogens is 3. The molecule has 1 aromatic carbocycles. The molecule has 1 amide bonds. The summed E-state index contributed by atoms with van der Waals surface area (Å²) < 4.78 is 2.04. The Kier molecular flexibility index (Phi) is 6.47. The molecule has 8 heteroatoms. The highest BCUT2D eigenvalue weighted by atomic mass is 16.2. The van der Waals surface area contributed by atoms with Gasteiger partial charge in [-0.05, 0) is 81.5 Å². The Bertz CT molecular complexity index is 1530. The van der Waals surface area contributed by atoms with Gasteiger partial charge in [0.1, 0.15) is 5.82 Å². The van der Waals surface area contributed by atoms with Crippen molar-refractivity contribution in [3.63, 3.8) is 0 Å². The second-order valence-electron chi connectivity index (χ2n) is 13.2. The number of likely N-dealkylation sites (tertiary alicyclic amines) is 2. The van der Waals surface area contributed by atoms with Crippen LogP contribution in [0.3, 0.4) is 0 Å². The van der Waals surface area contributed by atoms with Crippen molar-refractivity contribution in [1.82, 2.24) is 29.5 Å². The summed E-state index contributed by atoms with van der Waals surface area (Å²) in [6.45, 7) is 16.1. The first-order chi connectivity index (χ1) is 19.8. The number of likely N-dealkylation sites (N-methyl/N-ethyl adjacent to an activating group) is 1. The molecule has 3 fully saturated rings. The summed E-state index contributed by atoms with van der Waals surface area (Å²) in [6.07, 6.45) is 8.09. The van der Waals surface area contributed by atoms with Crippen LogP contribution in [0.15, 0.2) is 31.0 Å². The second-order valence-corrected chi connectivity index (χ2v) is 13.2. The van der Waals surface area contributed by atoms with Gasteiger partial charge >= 0.3 is 0 Å². The van der Waals surface area contributed by atoms with Crippen LogP contribution in [-0.4, -0.2) is 94.3 Å². The Labute approximate surface area is 243 Å². The quantitative estimate of drug-likeness (QED) is 0.457. The van der Waals surface area contributed by atoms with Crippen molar-refractivity contribution in [2.24, 2.45) is 12.5 Å². The molecule has 7 rings (SSSR count). The van der Waals surface area contributed by atoms with E-state index in [0.29, 0.717) is 6.04 Å². The van der Waals surface area contributed by atoms with E-state index in [-0.39, 0.29) is 11.3 Å². The van der Waals surface area contributed by atoms with Gasteiger partial charge in [-0.1, -0.05) is 18.7 Å². The normalized spacial score (nSPS) is 22.8. The summed E-state index contributed by atoms with van der Waals surface area (Å²) in [5.74, 6) is 1.18. The maximum atomic E-state index is 12.2. The number of carbonyl (C=O) groups excluding carboxylic acids is 1. The standard InChI is InChI=1S/C33H43N7O/c1-6-28(41)40-20-33(21-40)12-15-39(19-33)32-23(3)30(29-22(2)9-10-24-16-34-37(5)31(24)29)26-11-14-38(18-27(26)35-32)25-8-7-13-36(4)17-25/h6,9-10,16,25H,1,7-8,11-15,17-21H2,2-5H3/t25-/m1/s1. The second kappa shape index (κ2) is 9.95. The van der Waals surface area contributed by atoms with Crippen LogP contribution in [-0.2, 0) is 24.8 Å². The highest BCUT2D eigenvalue weighted by Crippen LogP contribution is 2.45. The van der Waals surface area contributed by atoms with Crippen LogP contribution in [0, 0.1) is 19.3 Å². The molecule has 0 unspecified atom stereocenters. The van der Waals surface area contributed by atoms with Crippen molar-refractivity contribution in [1.29, 1.82) is 0 Å². The first kappa shape index (κ1) is 26.7. The minimum Gasteiger partial charge on any atom is -0.356 e. The number of pyridine rings is 1. The van der Waals surface area contributed by atoms with Crippen molar-refractivity contribution in [2.75, 3.05) is 57.8 Å². The highest BCUT2D eigenvalue weighted by molar-refractivity contribution is 5.98. The molecular formula is C33H43N7O. The zero-order chi connectivity index (χ0) is 28.5. The third-order valence-electron chi connectivity index (χ3n) is 10.4. The number of benzene rings is 1. The summed E-state index contributed by atoms with van der Waals surface area (Å²) in [6, 6.07) is 5.05. The molecule has 1 atom stereocenters. The van der Waals surface area contributed by atoms with Crippen LogP contribution in [0.1, 0.15) is 41.6 Å². The van der Waals surface area contributed by atoms with Crippen molar-refractivity contribution in [3.8, 4) is 11.1 Å². The number of rotatable bonds is 4. The lowest BCUT2D eigenvalue weighted by atomic mass is 9.79. The van der Waals surface area contributed by atoms with Gasteiger partial charge in [0.15, 0.2) is 0 Å². The Hall–Kier alpha value is -3.23. The smallest absolute Gasteiger partial charge is 0.245 e. The summed E-state index contributed by atoms with van der Waals surface area (Å²) >= 11 is 0. The Morgan fingerprint density at radius 2 is 1.93 bits per heavy atom. The third kappa shape index (κ3) is 4.38. The van der Waals surface area contributed by atoms with Crippen LogP contribution >= 0.6 is 0 Å². The molecule has 3 saturated heterocycles. The van der Waals surface area contributed by atoms with E-state index in [9.17, 15) is 4.79 Å². The number of hydrogen-bond acceptors (Lipinski definition) is 6. The predicted octanol–water partition coefficient (Wildman–Crippen LogP) is 3.93. The first-order valence-corrected chi connectivity index (χ1v) is 15.3. The highest BCUT2D eigenvalue weighted by Gasteiger charge is 2.49. The number of hydrogen-bond donors (Lipinski definition) is 0. The minimum atomic E-state index is 0.0487. The average molecular weight is 554 g/mol. The van der Waals surface area contributed by atoms with E-state index in [2.05, 4.69) is 66.5 Å². The summed E-state index contributed by atoms with van der Waals surface area (Å²) in [5.41, 5.74) is 9.29. The van der Waals surface area contributed by atoms with Crippen molar-refractivity contribution in [3.05, 3.63) is 53.4 Å². The zero-order valence-electron chi connectivity index (χ0n) is 25.1. The molecule has 0 N–H and O–H groups in total. The fourth-order valence-electron chi connectivity index (χ4n) is 8.19. The predicted molar refractivity (Wildman–Crippen MR) is 164 cm³/mol. The lowest BCUT2D eigenvalue weighted by molar-refractivity contribution is -0.136.